The number of halogens is 4. The first-order valence-electron chi connectivity index (χ1n) is 3.58. The molecule has 82 valence electrons. The number of carboxylic acids is 1. The third kappa shape index (κ3) is 3.13. The zero-order valence-corrected chi connectivity index (χ0v) is 10.2. The highest BCUT2D eigenvalue weighted by Gasteiger charge is 2.42. The SMILES string of the molecule is O=C(O)C(F)(F)Oc1ccc(Br)cc1Br. The molecule has 0 saturated heterocycles. The number of carbonyl (C=O) groups is 1. The van der Waals surface area contributed by atoms with E-state index >= 15 is 0 Å². The van der Waals surface area contributed by atoms with Gasteiger partial charge in [0.05, 0.1) is 4.47 Å². The predicted molar refractivity (Wildman–Crippen MR) is 55.1 cm³/mol. The van der Waals surface area contributed by atoms with Crippen molar-refractivity contribution in [3.8, 4) is 5.75 Å². The largest absolute Gasteiger partial charge is 0.501 e. The minimum atomic E-state index is -4.24. The zero-order valence-electron chi connectivity index (χ0n) is 7.01. The summed E-state index contributed by atoms with van der Waals surface area (Å²) in [7, 11) is 0. The Balaban J connectivity index is 2.95. The molecular formula is C8H4Br2F2O3. The minimum Gasteiger partial charge on any atom is -0.474 e. The van der Waals surface area contributed by atoms with E-state index in [0.29, 0.717) is 4.47 Å². The molecule has 1 aromatic rings. The van der Waals surface area contributed by atoms with E-state index in [4.69, 9.17) is 5.11 Å². The van der Waals surface area contributed by atoms with Gasteiger partial charge in [-0.2, -0.15) is 8.78 Å². The number of rotatable bonds is 3. The highest BCUT2D eigenvalue weighted by Crippen LogP contribution is 2.31. The van der Waals surface area contributed by atoms with Crippen LogP contribution in [0.15, 0.2) is 27.1 Å². The molecule has 7 heteroatoms. The first-order chi connectivity index (χ1) is 6.83. The topological polar surface area (TPSA) is 46.5 Å². The molecule has 0 heterocycles. The minimum absolute atomic E-state index is 0.234. The molecule has 0 atom stereocenters. The quantitative estimate of drug-likeness (QED) is 0.914. The molecule has 0 fully saturated rings. The number of ether oxygens (including phenoxy) is 1. The van der Waals surface area contributed by atoms with Crippen LogP contribution >= 0.6 is 31.9 Å². The first kappa shape index (κ1) is 12.4. The predicted octanol–water partition coefficient (Wildman–Crippen LogP) is 3.27. The van der Waals surface area contributed by atoms with Crippen LogP contribution in [0, 0.1) is 0 Å². The Bertz CT molecular complexity index is 395. The average Bonchev–Trinajstić information content (AvgIpc) is 2.09. The van der Waals surface area contributed by atoms with Crippen molar-refractivity contribution in [2.24, 2.45) is 0 Å². The molecule has 1 aromatic carbocycles. The van der Waals surface area contributed by atoms with E-state index in [1.165, 1.54) is 18.2 Å². The van der Waals surface area contributed by atoms with E-state index in [9.17, 15) is 13.6 Å². The number of alkyl halides is 2. The summed E-state index contributed by atoms with van der Waals surface area (Å²) in [5.41, 5.74) is 0. The van der Waals surface area contributed by atoms with E-state index < -0.39 is 12.1 Å². The molecule has 3 nitrogen and oxygen atoms in total. The number of hydrogen-bond donors (Lipinski definition) is 1. The number of aliphatic carboxylic acids is 1. The fourth-order valence-electron chi connectivity index (χ4n) is 0.740. The Hall–Kier alpha value is -0.690. The van der Waals surface area contributed by atoms with Crippen molar-refractivity contribution in [2.45, 2.75) is 6.11 Å². The molecule has 0 saturated carbocycles. The van der Waals surface area contributed by atoms with Gasteiger partial charge in [0.2, 0.25) is 0 Å². The van der Waals surface area contributed by atoms with Gasteiger partial charge < -0.3 is 9.84 Å². The number of carboxylic acid groups (broad SMARTS) is 1. The molecule has 0 amide bonds. The summed E-state index contributed by atoms with van der Waals surface area (Å²) in [5, 5.41) is 8.15. The molecule has 0 aliphatic carbocycles. The molecule has 15 heavy (non-hydrogen) atoms. The summed E-state index contributed by atoms with van der Waals surface area (Å²) in [4.78, 5) is 10.1. The van der Waals surface area contributed by atoms with Gasteiger partial charge in [-0.25, -0.2) is 4.79 Å². The molecular weight excluding hydrogens is 342 g/mol. The molecule has 0 aromatic heterocycles. The highest BCUT2D eigenvalue weighted by atomic mass is 79.9. The lowest BCUT2D eigenvalue weighted by molar-refractivity contribution is -0.211. The molecule has 0 aliphatic rings. The van der Waals surface area contributed by atoms with Gasteiger partial charge in [0, 0.05) is 4.47 Å². The summed E-state index contributed by atoms with van der Waals surface area (Å²) in [6.45, 7) is 0. The summed E-state index contributed by atoms with van der Waals surface area (Å²) >= 11 is 6.08. The highest BCUT2D eigenvalue weighted by molar-refractivity contribution is 9.11. The van der Waals surface area contributed by atoms with Crippen LogP contribution < -0.4 is 4.74 Å². The van der Waals surface area contributed by atoms with Crippen LogP contribution in [-0.4, -0.2) is 17.2 Å². The summed E-state index contributed by atoms with van der Waals surface area (Å²) < 4.78 is 30.3. The first-order valence-corrected chi connectivity index (χ1v) is 5.17. The number of benzene rings is 1. The van der Waals surface area contributed by atoms with Gasteiger partial charge in [-0.3, -0.25) is 0 Å². The van der Waals surface area contributed by atoms with Gasteiger partial charge in [-0.05, 0) is 34.1 Å². The van der Waals surface area contributed by atoms with Gasteiger partial charge in [0.1, 0.15) is 5.75 Å². The number of hydrogen-bond acceptors (Lipinski definition) is 2. The van der Waals surface area contributed by atoms with Crippen LogP contribution in [0.1, 0.15) is 0 Å². The second kappa shape index (κ2) is 4.44. The van der Waals surface area contributed by atoms with Crippen molar-refractivity contribution < 1.29 is 23.4 Å². The van der Waals surface area contributed by atoms with E-state index in [1.54, 1.807) is 0 Å². The zero-order chi connectivity index (χ0) is 11.6. The van der Waals surface area contributed by atoms with Crippen molar-refractivity contribution in [3.05, 3.63) is 27.1 Å². The van der Waals surface area contributed by atoms with Crippen molar-refractivity contribution >= 4 is 37.8 Å². The van der Waals surface area contributed by atoms with E-state index in [0.717, 1.165) is 0 Å². The molecule has 1 N–H and O–H groups in total. The van der Waals surface area contributed by atoms with Crippen LogP contribution in [0.5, 0.6) is 5.75 Å². The van der Waals surface area contributed by atoms with E-state index in [2.05, 4.69) is 36.6 Å². The molecule has 1 rings (SSSR count). The standard InChI is InChI=1S/C8H4Br2F2O3/c9-4-1-2-6(5(10)3-4)15-8(11,12)7(13)14/h1-3H,(H,13,14). The Labute approximate surface area is 100 Å². The summed E-state index contributed by atoms with van der Waals surface area (Å²) in [6.07, 6.45) is -4.24. The van der Waals surface area contributed by atoms with Gasteiger partial charge >= 0.3 is 12.1 Å². The van der Waals surface area contributed by atoms with Crippen LogP contribution in [0.2, 0.25) is 0 Å². The smallest absolute Gasteiger partial charge is 0.474 e. The van der Waals surface area contributed by atoms with Crippen molar-refractivity contribution in [1.29, 1.82) is 0 Å². The fourth-order valence-corrected chi connectivity index (χ4v) is 1.87. The second-order valence-electron chi connectivity index (χ2n) is 2.50. The fraction of sp³-hybridized carbons (Fsp3) is 0.125. The lowest BCUT2D eigenvalue weighted by atomic mass is 10.3. The van der Waals surface area contributed by atoms with Gasteiger partial charge in [-0.15, -0.1) is 0 Å². The maximum Gasteiger partial charge on any atom is 0.501 e. The van der Waals surface area contributed by atoms with Crippen molar-refractivity contribution in [2.75, 3.05) is 0 Å². The maximum absolute atomic E-state index is 12.7. The molecule has 0 aliphatic heterocycles. The third-order valence-electron chi connectivity index (χ3n) is 1.38. The normalized spacial score (nSPS) is 11.2. The van der Waals surface area contributed by atoms with E-state index in [1.807, 2.05) is 0 Å². The Kier molecular flexibility index (Phi) is 3.67. The monoisotopic (exact) mass is 344 g/mol. The van der Waals surface area contributed by atoms with Crippen LogP contribution in [-0.2, 0) is 4.79 Å². The third-order valence-corrected chi connectivity index (χ3v) is 2.49. The van der Waals surface area contributed by atoms with Gasteiger partial charge in [0.15, 0.2) is 0 Å². The maximum atomic E-state index is 12.7. The lowest BCUT2D eigenvalue weighted by Gasteiger charge is -2.14. The van der Waals surface area contributed by atoms with Gasteiger partial charge in [0.25, 0.3) is 0 Å². The lowest BCUT2D eigenvalue weighted by Crippen LogP contribution is -2.34. The Morgan fingerprint density at radius 1 is 1.40 bits per heavy atom. The van der Waals surface area contributed by atoms with Crippen molar-refractivity contribution in [1.82, 2.24) is 0 Å². The molecule has 0 radical (unpaired) electrons. The van der Waals surface area contributed by atoms with Crippen LogP contribution in [0.3, 0.4) is 0 Å². The molecule has 0 bridgehead atoms. The molecule has 0 unspecified atom stereocenters. The van der Waals surface area contributed by atoms with Crippen LogP contribution in [0.25, 0.3) is 0 Å². The Morgan fingerprint density at radius 2 is 2.00 bits per heavy atom. The van der Waals surface area contributed by atoms with Crippen molar-refractivity contribution in [3.63, 3.8) is 0 Å². The second-order valence-corrected chi connectivity index (χ2v) is 4.27. The summed E-state index contributed by atoms with van der Waals surface area (Å²) in [5.74, 6) is -2.58. The Morgan fingerprint density at radius 3 is 2.47 bits per heavy atom. The van der Waals surface area contributed by atoms with Crippen LogP contribution in [0.4, 0.5) is 8.78 Å². The van der Waals surface area contributed by atoms with Gasteiger partial charge in [-0.1, -0.05) is 15.9 Å². The van der Waals surface area contributed by atoms with E-state index in [-0.39, 0.29) is 10.2 Å². The molecule has 0 spiro atoms. The average molecular weight is 346 g/mol. The summed E-state index contributed by atoms with van der Waals surface area (Å²) in [6, 6.07) is 4.15.